The van der Waals surface area contributed by atoms with E-state index in [1.54, 1.807) is 18.4 Å². The molecule has 0 radical (unpaired) electrons. The van der Waals surface area contributed by atoms with Crippen molar-refractivity contribution in [3.63, 3.8) is 0 Å². The van der Waals surface area contributed by atoms with Gasteiger partial charge >= 0.3 is 0 Å². The lowest BCUT2D eigenvalue weighted by Crippen LogP contribution is -2.40. The van der Waals surface area contributed by atoms with Gasteiger partial charge in [0.15, 0.2) is 0 Å². The van der Waals surface area contributed by atoms with Crippen molar-refractivity contribution in [1.29, 1.82) is 0 Å². The Morgan fingerprint density at radius 1 is 1.21 bits per heavy atom. The molecule has 1 heterocycles. The Hall–Kier alpha value is -1.65. The molecular weight excluding hydrogens is 256 g/mol. The fraction of sp³-hybridized carbons (Fsp3) is 0.267. The second kappa shape index (κ2) is 6.50. The Bertz CT molecular complexity index is 536. The number of hydrogen-bond donors (Lipinski definition) is 2. The van der Waals surface area contributed by atoms with E-state index in [2.05, 4.69) is 34.9 Å². The molecule has 2 aromatic rings. The van der Waals surface area contributed by atoms with Gasteiger partial charge in [0, 0.05) is 23.3 Å². The largest absolute Gasteiger partial charge is 0.358 e. The highest BCUT2D eigenvalue weighted by molar-refractivity contribution is 7.15. The standard InChI is InChI=1S/C15H18N2OS/c1-11(15(18)16-2)17-10-13-8-9-14(19-13)12-6-4-3-5-7-12/h3-9,11,17H,10H2,1-2H3,(H,16,18). The molecule has 0 aliphatic heterocycles. The molecule has 0 fully saturated rings. The maximum Gasteiger partial charge on any atom is 0.236 e. The summed E-state index contributed by atoms with van der Waals surface area (Å²) in [6, 6.07) is 14.4. The summed E-state index contributed by atoms with van der Waals surface area (Å²) < 4.78 is 0. The van der Waals surface area contributed by atoms with Crippen LogP contribution in [0.4, 0.5) is 0 Å². The quantitative estimate of drug-likeness (QED) is 0.880. The van der Waals surface area contributed by atoms with Gasteiger partial charge < -0.3 is 10.6 Å². The van der Waals surface area contributed by atoms with Crippen LogP contribution in [-0.2, 0) is 11.3 Å². The number of benzene rings is 1. The molecule has 0 bridgehead atoms. The second-order valence-corrected chi connectivity index (χ2v) is 5.52. The van der Waals surface area contributed by atoms with Gasteiger partial charge in [0.2, 0.25) is 5.91 Å². The van der Waals surface area contributed by atoms with Crippen LogP contribution in [0.3, 0.4) is 0 Å². The highest BCUT2D eigenvalue weighted by atomic mass is 32.1. The van der Waals surface area contributed by atoms with E-state index in [-0.39, 0.29) is 11.9 Å². The Labute approximate surface area is 117 Å². The molecule has 4 heteroatoms. The predicted molar refractivity (Wildman–Crippen MR) is 80.1 cm³/mol. The molecule has 0 aliphatic rings. The van der Waals surface area contributed by atoms with E-state index in [0.29, 0.717) is 6.54 Å². The van der Waals surface area contributed by atoms with E-state index >= 15 is 0 Å². The summed E-state index contributed by atoms with van der Waals surface area (Å²) in [5.74, 6) is 0.0137. The van der Waals surface area contributed by atoms with Crippen molar-refractivity contribution in [2.24, 2.45) is 0 Å². The van der Waals surface area contributed by atoms with Crippen LogP contribution >= 0.6 is 11.3 Å². The van der Waals surface area contributed by atoms with E-state index in [4.69, 9.17) is 0 Å². The third-order valence-electron chi connectivity index (χ3n) is 2.94. The molecule has 0 saturated heterocycles. The molecule has 2 rings (SSSR count). The maximum atomic E-state index is 11.4. The van der Waals surface area contributed by atoms with Crippen LogP contribution in [-0.4, -0.2) is 19.0 Å². The first kappa shape index (κ1) is 13.8. The molecule has 1 aromatic carbocycles. The number of carbonyl (C=O) groups is 1. The van der Waals surface area contributed by atoms with Gasteiger partial charge in [0.05, 0.1) is 6.04 Å². The molecule has 19 heavy (non-hydrogen) atoms. The summed E-state index contributed by atoms with van der Waals surface area (Å²) in [5, 5.41) is 5.85. The van der Waals surface area contributed by atoms with Crippen molar-refractivity contribution < 1.29 is 4.79 Å². The Morgan fingerprint density at radius 2 is 1.95 bits per heavy atom. The monoisotopic (exact) mass is 274 g/mol. The van der Waals surface area contributed by atoms with Crippen molar-refractivity contribution >= 4 is 17.2 Å². The topological polar surface area (TPSA) is 41.1 Å². The molecular formula is C15H18N2OS. The van der Waals surface area contributed by atoms with E-state index in [0.717, 1.165) is 0 Å². The highest BCUT2D eigenvalue weighted by Gasteiger charge is 2.10. The number of carbonyl (C=O) groups excluding carboxylic acids is 1. The van der Waals surface area contributed by atoms with Crippen LogP contribution in [0.1, 0.15) is 11.8 Å². The average molecular weight is 274 g/mol. The van der Waals surface area contributed by atoms with Gasteiger partial charge in [-0.25, -0.2) is 0 Å². The number of likely N-dealkylation sites (N-methyl/N-ethyl adjacent to an activating group) is 1. The summed E-state index contributed by atoms with van der Waals surface area (Å²) in [4.78, 5) is 13.9. The van der Waals surface area contributed by atoms with Gasteiger partial charge in [-0.05, 0) is 24.6 Å². The van der Waals surface area contributed by atoms with Gasteiger partial charge in [0.25, 0.3) is 0 Å². The summed E-state index contributed by atoms with van der Waals surface area (Å²) in [6.45, 7) is 2.58. The Kier molecular flexibility index (Phi) is 4.71. The number of amides is 1. The minimum absolute atomic E-state index is 0.0137. The van der Waals surface area contributed by atoms with Crippen molar-refractivity contribution in [2.75, 3.05) is 7.05 Å². The summed E-state index contributed by atoms with van der Waals surface area (Å²) in [6.07, 6.45) is 0. The average Bonchev–Trinajstić information content (AvgIpc) is 2.93. The third kappa shape index (κ3) is 3.66. The first-order valence-electron chi connectivity index (χ1n) is 6.30. The fourth-order valence-electron chi connectivity index (χ4n) is 1.79. The van der Waals surface area contributed by atoms with Crippen molar-refractivity contribution in [2.45, 2.75) is 19.5 Å². The minimum atomic E-state index is -0.174. The SMILES string of the molecule is CNC(=O)C(C)NCc1ccc(-c2ccccc2)s1. The van der Waals surface area contributed by atoms with E-state index < -0.39 is 0 Å². The molecule has 0 saturated carbocycles. The zero-order valence-corrected chi connectivity index (χ0v) is 12.0. The van der Waals surface area contributed by atoms with Gasteiger partial charge in [0.1, 0.15) is 0 Å². The van der Waals surface area contributed by atoms with Crippen molar-refractivity contribution in [3.8, 4) is 10.4 Å². The molecule has 1 amide bonds. The van der Waals surface area contributed by atoms with Crippen LogP contribution in [0.5, 0.6) is 0 Å². The van der Waals surface area contributed by atoms with E-state index in [9.17, 15) is 4.79 Å². The third-order valence-corrected chi connectivity index (χ3v) is 4.08. The molecule has 0 aliphatic carbocycles. The molecule has 100 valence electrons. The van der Waals surface area contributed by atoms with Gasteiger partial charge in [-0.2, -0.15) is 0 Å². The molecule has 3 nitrogen and oxygen atoms in total. The molecule has 2 N–H and O–H groups in total. The van der Waals surface area contributed by atoms with Crippen molar-refractivity contribution in [1.82, 2.24) is 10.6 Å². The van der Waals surface area contributed by atoms with Crippen LogP contribution in [0.25, 0.3) is 10.4 Å². The normalized spacial score (nSPS) is 12.1. The van der Waals surface area contributed by atoms with Crippen LogP contribution in [0.2, 0.25) is 0 Å². The second-order valence-electron chi connectivity index (χ2n) is 4.35. The Balaban J connectivity index is 1.97. The molecule has 1 aromatic heterocycles. The summed E-state index contributed by atoms with van der Waals surface area (Å²) in [5.41, 5.74) is 1.23. The Morgan fingerprint density at radius 3 is 2.63 bits per heavy atom. The number of rotatable bonds is 5. The van der Waals surface area contributed by atoms with Crippen LogP contribution in [0.15, 0.2) is 42.5 Å². The van der Waals surface area contributed by atoms with Crippen LogP contribution < -0.4 is 10.6 Å². The highest BCUT2D eigenvalue weighted by Crippen LogP contribution is 2.27. The lowest BCUT2D eigenvalue weighted by Gasteiger charge is -2.10. The predicted octanol–water partition coefficient (Wildman–Crippen LogP) is 2.64. The maximum absolute atomic E-state index is 11.4. The van der Waals surface area contributed by atoms with Crippen molar-refractivity contribution in [3.05, 3.63) is 47.3 Å². The van der Waals surface area contributed by atoms with Gasteiger partial charge in [-0.3, -0.25) is 4.79 Å². The summed E-state index contributed by atoms with van der Waals surface area (Å²) in [7, 11) is 1.65. The van der Waals surface area contributed by atoms with Gasteiger partial charge in [-0.15, -0.1) is 11.3 Å². The fourth-order valence-corrected chi connectivity index (χ4v) is 2.76. The molecule has 1 unspecified atom stereocenters. The zero-order valence-electron chi connectivity index (χ0n) is 11.1. The first-order chi connectivity index (χ1) is 9.20. The summed E-state index contributed by atoms with van der Waals surface area (Å²) >= 11 is 1.75. The number of thiophene rings is 1. The lowest BCUT2D eigenvalue weighted by molar-refractivity contribution is -0.122. The van der Waals surface area contributed by atoms with Gasteiger partial charge in [-0.1, -0.05) is 30.3 Å². The van der Waals surface area contributed by atoms with Crippen LogP contribution in [0, 0.1) is 0 Å². The lowest BCUT2D eigenvalue weighted by atomic mass is 10.2. The molecule has 1 atom stereocenters. The van der Waals surface area contributed by atoms with E-state index in [1.165, 1.54) is 15.3 Å². The smallest absolute Gasteiger partial charge is 0.236 e. The first-order valence-corrected chi connectivity index (χ1v) is 7.11. The number of nitrogens with one attached hydrogen (secondary N) is 2. The number of hydrogen-bond acceptors (Lipinski definition) is 3. The molecule has 0 spiro atoms. The van der Waals surface area contributed by atoms with E-state index in [1.807, 2.05) is 25.1 Å². The minimum Gasteiger partial charge on any atom is -0.358 e. The zero-order chi connectivity index (χ0) is 13.7.